The molecule has 0 aromatic heterocycles. The van der Waals surface area contributed by atoms with Crippen LogP contribution in [-0.4, -0.2) is 25.5 Å². The number of methoxy groups -OCH3 is 2. The molecule has 0 heterocycles. The lowest BCUT2D eigenvalue weighted by molar-refractivity contribution is 0.355. The molecule has 0 fully saturated rings. The van der Waals surface area contributed by atoms with Crippen molar-refractivity contribution in [2.75, 3.05) is 14.2 Å². The molecular weight excluding hydrogens is 449 g/mol. The van der Waals surface area contributed by atoms with Crippen molar-refractivity contribution in [1.82, 2.24) is 0 Å². The zero-order chi connectivity index (χ0) is 15.4. The van der Waals surface area contributed by atoms with Gasteiger partial charge in [-0.2, -0.15) is 0 Å². The fraction of sp³-hybridized carbons (Fsp3) is 0.133. The number of phenols is 1. The largest absolute Gasteiger partial charge is 0.506 e. The smallest absolute Gasteiger partial charge is 0.162 e. The number of hydrogen-bond acceptors (Lipinski definition) is 4. The Balaban J connectivity index is 2.34. The highest BCUT2D eigenvalue weighted by Gasteiger charge is 2.06. The Kier molecular flexibility index (Phi) is 5.46. The van der Waals surface area contributed by atoms with Gasteiger partial charge in [0.2, 0.25) is 0 Å². The number of benzene rings is 2. The van der Waals surface area contributed by atoms with Crippen molar-refractivity contribution in [2.45, 2.75) is 0 Å². The SMILES string of the molecule is COc1ccc(N=Cc2cc(Br)cc(I)c2O)cc1OC. The van der Waals surface area contributed by atoms with Gasteiger partial charge in [0.25, 0.3) is 0 Å². The number of hydrogen-bond donors (Lipinski definition) is 1. The average molecular weight is 462 g/mol. The summed E-state index contributed by atoms with van der Waals surface area (Å²) in [5.74, 6) is 1.47. The van der Waals surface area contributed by atoms with Crippen LogP contribution >= 0.6 is 38.5 Å². The van der Waals surface area contributed by atoms with Crippen molar-refractivity contribution in [3.8, 4) is 17.2 Å². The standard InChI is InChI=1S/C15H13BrINO3/c1-20-13-4-3-11(7-14(13)21-2)18-8-9-5-10(16)6-12(17)15(9)19/h3-8,19H,1-2H3. The fourth-order valence-corrected chi connectivity index (χ4v) is 3.28. The molecule has 4 nitrogen and oxygen atoms in total. The van der Waals surface area contributed by atoms with Crippen LogP contribution in [0.5, 0.6) is 17.2 Å². The lowest BCUT2D eigenvalue weighted by atomic mass is 10.2. The highest BCUT2D eigenvalue weighted by atomic mass is 127. The summed E-state index contributed by atoms with van der Waals surface area (Å²) in [6, 6.07) is 9.02. The normalized spacial score (nSPS) is 10.9. The topological polar surface area (TPSA) is 51.0 Å². The summed E-state index contributed by atoms with van der Waals surface area (Å²) in [5, 5.41) is 10.0. The Morgan fingerprint density at radius 3 is 2.52 bits per heavy atom. The molecule has 110 valence electrons. The molecule has 0 atom stereocenters. The molecular formula is C15H13BrINO3. The maximum absolute atomic E-state index is 10.0. The molecule has 0 aliphatic carbocycles. The Morgan fingerprint density at radius 1 is 1.14 bits per heavy atom. The van der Waals surface area contributed by atoms with Crippen LogP contribution in [0.15, 0.2) is 39.8 Å². The molecule has 2 aromatic carbocycles. The third-order valence-electron chi connectivity index (χ3n) is 2.78. The third kappa shape index (κ3) is 3.88. The van der Waals surface area contributed by atoms with Gasteiger partial charge in [-0.15, -0.1) is 0 Å². The molecule has 0 saturated carbocycles. The molecule has 0 saturated heterocycles. The minimum absolute atomic E-state index is 0.211. The van der Waals surface area contributed by atoms with Crippen molar-refractivity contribution in [2.24, 2.45) is 4.99 Å². The first kappa shape index (κ1) is 16.1. The van der Waals surface area contributed by atoms with Gasteiger partial charge in [0.05, 0.1) is 23.5 Å². The molecule has 0 unspecified atom stereocenters. The summed E-state index contributed by atoms with van der Waals surface area (Å²) < 4.78 is 12.1. The Morgan fingerprint density at radius 2 is 1.86 bits per heavy atom. The highest BCUT2D eigenvalue weighted by molar-refractivity contribution is 14.1. The van der Waals surface area contributed by atoms with Crippen molar-refractivity contribution in [3.63, 3.8) is 0 Å². The summed E-state index contributed by atoms with van der Waals surface area (Å²) in [6.45, 7) is 0. The van der Waals surface area contributed by atoms with Crippen LogP contribution in [0.25, 0.3) is 0 Å². The minimum atomic E-state index is 0.211. The maximum atomic E-state index is 10.0. The molecule has 0 bridgehead atoms. The van der Waals surface area contributed by atoms with Crippen LogP contribution in [0.3, 0.4) is 0 Å². The molecule has 6 heteroatoms. The van der Waals surface area contributed by atoms with Crippen molar-refractivity contribution < 1.29 is 14.6 Å². The number of phenolic OH excluding ortho intramolecular Hbond substituents is 1. The van der Waals surface area contributed by atoms with E-state index in [-0.39, 0.29) is 5.75 Å². The Labute approximate surface area is 145 Å². The Bertz CT molecular complexity index is 689. The fourth-order valence-electron chi connectivity index (χ4n) is 1.73. The lowest BCUT2D eigenvalue weighted by Crippen LogP contribution is -1.90. The highest BCUT2D eigenvalue weighted by Crippen LogP contribution is 2.32. The van der Waals surface area contributed by atoms with Crippen LogP contribution in [-0.2, 0) is 0 Å². The van der Waals surface area contributed by atoms with Gasteiger partial charge >= 0.3 is 0 Å². The van der Waals surface area contributed by atoms with Crippen LogP contribution in [0.4, 0.5) is 5.69 Å². The number of ether oxygens (including phenoxy) is 2. The van der Waals surface area contributed by atoms with Crippen molar-refractivity contribution >= 4 is 50.4 Å². The van der Waals surface area contributed by atoms with Gasteiger partial charge in [0, 0.05) is 22.3 Å². The van der Waals surface area contributed by atoms with E-state index in [1.165, 1.54) is 0 Å². The van der Waals surface area contributed by atoms with E-state index in [4.69, 9.17) is 9.47 Å². The van der Waals surface area contributed by atoms with Gasteiger partial charge in [0.15, 0.2) is 11.5 Å². The molecule has 0 radical (unpaired) electrons. The first-order chi connectivity index (χ1) is 10.0. The zero-order valence-electron chi connectivity index (χ0n) is 11.4. The monoisotopic (exact) mass is 461 g/mol. The first-order valence-electron chi connectivity index (χ1n) is 5.99. The minimum Gasteiger partial charge on any atom is -0.506 e. The van der Waals surface area contributed by atoms with Crippen LogP contribution < -0.4 is 9.47 Å². The summed E-state index contributed by atoms with van der Waals surface area (Å²) in [7, 11) is 3.16. The van der Waals surface area contributed by atoms with Gasteiger partial charge in [-0.1, -0.05) is 15.9 Å². The van der Waals surface area contributed by atoms with E-state index in [2.05, 4.69) is 43.5 Å². The molecule has 0 aliphatic heterocycles. The molecule has 2 rings (SSSR count). The van der Waals surface area contributed by atoms with Gasteiger partial charge in [-0.3, -0.25) is 4.99 Å². The number of rotatable bonds is 4. The quantitative estimate of drug-likeness (QED) is 0.537. The van der Waals surface area contributed by atoms with E-state index in [1.807, 2.05) is 18.2 Å². The third-order valence-corrected chi connectivity index (χ3v) is 4.06. The second-order valence-electron chi connectivity index (χ2n) is 4.12. The van der Waals surface area contributed by atoms with E-state index in [0.29, 0.717) is 22.7 Å². The number of halogens is 2. The van der Waals surface area contributed by atoms with Gasteiger partial charge in [-0.25, -0.2) is 0 Å². The zero-order valence-corrected chi connectivity index (χ0v) is 15.2. The van der Waals surface area contributed by atoms with Gasteiger partial charge < -0.3 is 14.6 Å². The summed E-state index contributed by atoms with van der Waals surface area (Å²) in [4.78, 5) is 4.36. The van der Waals surface area contributed by atoms with Crippen molar-refractivity contribution in [3.05, 3.63) is 43.9 Å². The van der Waals surface area contributed by atoms with Crippen LogP contribution in [0.2, 0.25) is 0 Å². The molecule has 21 heavy (non-hydrogen) atoms. The van der Waals surface area contributed by atoms with Crippen LogP contribution in [0.1, 0.15) is 5.56 Å². The second-order valence-corrected chi connectivity index (χ2v) is 6.20. The summed E-state index contributed by atoms with van der Waals surface area (Å²) >= 11 is 5.47. The second kappa shape index (κ2) is 7.13. The predicted molar refractivity (Wildman–Crippen MR) is 95.3 cm³/mol. The number of nitrogens with zero attached hydrogens (tertiary/aromatic N) is 1. The Hall–Kier alpha value is -1.28. The van der Waals surface area contributed by atoms with Gasteiger partial charge in [0.1, 0.15) is 5.75 Å². The number of aromatic hydroxyl groups is 1. The predicted octanol–water partition coefficient (Wildman–Crippen LogP) is 4.53. The van der Waals surface area contributed by atoms with Crippen LogP contribution in [0, 0.1) is 3.57 Å². The average Bonchev–Trinajstić information content (AvgIpc) is 2.49. The van der Waals surface area contributed by atoms with E-state index in [9.17, 15) is 5.11 Å². The van der Waals surface area contributed by atoms with E-state index in [1.54, 1.807) is 32.6 Å². The lowest BCUT2D eigenvalue weighted by Gasteiger charge is -2.07. The van der Waals surface area contributed by atoms with Gasteiger partial charge in [-0.05, 0) is 46.9 Å². The molecule has 1 N–H and O–H groups in total. The maximum Gasteiger partial charge on any atom is 0.162 e. The number of aliphatic imine (C=N–C) groups is 1. The van der Waals surface area contributed by atoms with E-state index in [0.717, 1.165) is 8.04 Å². The molecule has 0 spiro atoms. The van der Waals surface area contributed by atoms with E-state index < -0.39 is 0 Å². The van der Waals surface area contributed by atoms with Crippen molar-refractivity contribution in [1.29, 1.82) is 0 Å². The molecule has 0 aliphatic rings. The molecule has 0 amide bonds. The molecule has 2 aromatic rings. The first-order valence-corrected chi connectivity index (χ1v) is 7.86. The van der Waals surface area contributed by atoms with E-state index >= 15 is 0 Å². The summed E-state index contributed by atoms with van der Waals surface area (Å²) in [5.41, 5.74) is 1.35. The summed E-state index contributed by atoms with van der Waals surface area (Å²) in [6.07, 6.45) is 1.61.